The quantitative estimate of drug-likeness (QED) is 0.885. The summed E-state index contributed by atoms with van der Waals surface area (Å²) in [7, 11) is 0. The molecule has 3 rings (SSSR count). The molecular weight excluding hydrogens is 229 g/mol. The maximum absolute atomic E-state index is 13.8. The van der Waals surface area contributed by atoms with Crippen molar-refractivity contribution in [3.63, 3.8) is 0 Å². The first kappa shape index (κ1) is 12.1. The molecule has 3 heteroatoms. The van der Waals surface area contributed by atoms with Gasteiger partial charge in [0, 0.05) is 17.6 Å². The van der Waals surface area contributed by atoms with Crippen molar-refractivity contribution in [1.29, 1.82) is 0 Å². The predicted octanol–water partition coefficient (Wildman–Crippen LogP) is 3.19. The molecule has 2 saturated heterocycles. The van der Waals surface area contributed by atoms with E-state index in [0.29, 0.717) is 18.2 Å². The van der Waals surface area contributed by atoms with Crippen molar-refractivity contribution in [2.24, 2.45) is 0 Å². The molecule has 1 aromatic rings. The molecule has 0 saturated carbocycles. The van der Waals surface area contributed by atoms with E-state index in [9.17, 15) is 4.39 Å². The summed E-state index contributed by atoms with van der Waals surface area (Å²) in [5, 5.41) is 3.59. The van der Waals surface area contributed by atoms with Crippen LogP contribution in [0.3, 0.4) is 0 Å². The van der Waals surface area contributed by atoms with Crippen LogP contribution in [0.15, 0.2) is 24.3 Å². The van der Waals surface area contributed by atoms with Crippen LogP contribution in [0.25, 0.3) is 0 Å². The van der Waals surface area contributed by atoms with Gasteiger partial charge in [0.05, 0.1) is 12.2 Å². The van der Waals surface area contributed by atoms with Crippen molar-refractivity contribution in [3.05, 3.63) is 35.6 Å². The normalized spacial score (nSPS) is 31.8. The number of hydrogen-bond acceptors (Lipinski definition) is 2. The molecule has 2 heterocycles. The first-order chi connectivity index (χ1) is 8.78. The summed E-state index contributed by atoms with van der Waals surface area (Å²) in [6.07, 6.45) is 5.10. The SMILES string of the molecule is CCC(NC1CC2CCC1O2)c1ccccc1F. The molecule has 0 spiro atoms. The van der Waals surface area contributed by atoms with Gasteiger partial charge >= 0.3 is 0 Å². The number of halogens is 1. The standard InChI is InChI=1S/C15H20FNO/c1-2-13(11-5-3-4-6-12(11)16)17-14-9-10-7-8-15(14)18-10/h3-6,10,13-15,17H,2,7-9H2,1H3. The highest BCUT2D eigenvalue weighted by Gasteiger charge is 2.41. The van der Waals surface area contributed by atoms with Crippen LogP contribution in [0.1, 0.15) is 44.2 Å². The molecule has 1 aromatic carbocycles. The van der Waals surface area contributed by atoms with Crippen molar-refractivity contribution in [1.82, 2.24) is 5.32 Å². The van der Waals surface area contributed by atoms with Gasteiger partial charge < -0.3 is 10.1 Å². The zero-order valence-electron chi connectivity index (χ0n) is 10.7. The number of benzene rings is 1. The van der Waals surface area contributed by atoms with Gasteiger partial charge in [0.2, 0.25) is 0 Å². The molecule has 2 fully saturated rings. The van der Waals surface area contributed by atoms with E-state index in [1.807, 2.05) is 12.1 Å². The Kier molecular flexibility index (Phi) is 3.35. The van der Waals surface area contributed by atoms with Crippen molar-refractivity contribution >= 4 is 0 Å². The average molecular weight is 249 g/mol. The minimum atomic E-state index is -0.110. The molecule has 18 heavy (non-hydrogen) atoms. The van der Waals surface area contributed by atoms with Crippen molar-refractivity contribution < 1.29 is 9.13 Å². The molecule has 1 N–H and O–H groups in total. The smallest absolute Gasteiger partial charge is 0.127 e. The van der Waals surface area contributed by atoms with Crippen LogP contribution >= 0.6 is 0 Å². The lowest BCUT2D eigenvalue weighted by molar-refractivity contribution is 0.0958. The number of ether oxygens (including phenoxy) is 1. The number of nitrogens with one attached hydrogen (secondary N) is 1. The summed E-state index contributed by atoms with van der Waals surface area (Å²) in [5.41, 5.74) is 0.780. The highest BCUT2D eigenvalue weighted by Crippen LogP contribution is 2.36. The van der Waals surface area contributed by atoms with Gasteiger partial charge in [0.1, 0.15) is 5.82 Å². The third-order valence-corrected chi connectivity index (χ3v) is 4.21. The molecule has 4 atom stereocenters. The fraction of sp³-hybridized carbons (Fsp3) is 0.600. The van der Waals surface area contributed by atoms with Gasteiger partial charge in [-0.1, -0.05) is 25.1 Å². The highest BCUT2D eigenvalue weighted by atomic mass is 19.1. The topological polar surface area (TPSA) is 21.3 Å². The minimum absolute atomic E-state index is 0.0964. The zero-order valence-corrected chi connectivity index (χ0v) is 10.7. The Balaban J connectivity index is 1.72. The van der Waals surface area contributed by atoms with Crippen LogP contribution in [0.4, 0.5) is 4.39 Å². The van der Waals surface area contributed by atoms with E-state index < -0.39 is 0 Å². The van der Waals surface area contributed by atoms with Gasteiger partial charge in [-0.25, -0.2) is 4.39 Å². The number of hydrogen-bond donors (Lipinski definition) is 1. The van der Waals surface area contributed by atoms with Crippen LogP contribution in [0.2, 0.25) is 0 Å². The van der Waals surface area contributed by atoms with Gasteiger partial charge in [-0.3, -0.25) is 0 Å². The minimum Gasteiger partial charge on any atom is -0.373 e. The molecular formula is C15H20FNO. The maximum Gasteiger partial charge on any atom is 0.127 e. The monoisotopic (exact) mass is 249 g/mol. The fourth-order valence-electron chi connectivity index (χ4n) is 3.26. The van der Waals surface area contributed by atoms with Crippen LogP contribution < -0.4 is 5.32 Å². The van der Waals surface area contributed by atoms with Crippen molar-refractivity contribution in [3.8, 4) is 0 Å². The first-order valence-corrected chi connectivity index (χ1v) is 6.94. The van der Waals surface area contributed by atoms with Gasteiger partial charge in [-0.15, -0.1) is 0 Å². The second-order valence-electron chi connectivity index (χ2n) is 5.37. The van der Waals surface area contributed by atoms with E-state index in [1.54, 1.807) is 6.07 Å². The van der Waals surface area contributed by atoms with Gasteiger partial charge in [-0.2, -0.15) is 0 Å². The molecule has 2 bridgehead atoms. The van der Waals surface area contributed by atoms with Crippen LogP contribution in [-0.2, 0) is 4.74 Å². The Morgan fingerprint density at radius 1 is 1.39 bits per heavy atom. The van der Waals surface area contributed by atoms with E-state index in [0.717, 1.165) is 24.8 Å². The third-order valence-electron chi connectivity index (χ3n) is 4.21. The summed E-state index contributed by atoms with van der Waals surface area (Å²) in [5.74, 6) is -0.110. The molecule has 0 aromatic heterocycles. The summed E-state index contributed by atoms with van der Waals surface area (Å²) in [4.78, 5) is 0. The highest BCUT2D eigenvalue weighted by molar-refractivity contribution is 5.21. The Morgan fingerprint density at radius 3 is 2.83 bits per heavy atom. The summed E-state index contributed by atoms with van der Waals surface area (Å²) < 4.78 is 19.7. The summed E-state index contributed by atoms with van der Waals surface area (Å²) in [6.45, 7) is 2.10. The lowest BCUT2D eigenvalue weighted by atomic mass is 9.93. The lowest BCUT2D eigenvalue weighted by Crippen LogP contribution is -2.40. The molecule has 2 nitrogen and oxygen atoms in total. The van der Waals surface area contributed by atoms with Gasteiger partial charge in [0.15, 0.2) is 0 Å². The van der Waals surface area contributed by atoms with Crippen molar-refractivity contribution in [2.45, 2.75) is 56.9 Å². The van der Waals surface area contributed by atoms with Crippen LogP contribution in [0, 0.1) is 5.82 Å². The third kappa shape index (κ3) is 2.17. The largest absolute Gasteiger partial charge is 0.373 e. The zero-order chi connectivity index (χ0) is 12.5. The first-order valence-electron chi connectivity index (χ1n) is 6.94. The molecule has 0 amide bonds. The summed E-state index contributed by atoms with van der Waals surface area (Å²) in [6, 6.07) is 7.56. The lowest BCUT2D eigenvalue weighted by Gasteiger charge is -2.26. The fourth-order valence-corrected chi connectivity index (χ4v) is 3.26. The van der Waals surface area contributed by atoms with Crippen LogP contribution in [0.5, 0.6) is 0 Å². The second-order valence-corrected chi connectivity index (χ2v) is 5.37. The summed E-state index contributed by atoms with van der Waals surface area (Å²) >= 11 is 0. The van der Waals surface area contributed by atoms with Crippen LogP contribution in [-0.4, -0.2) is 18.2 Å². The van der Waals surface area contributed by atoms with E-state index in [1.165, 1.54) is 12.5 Å². The van der Waals surface area contributed by atoms with Gasteiger partial charge in [0.25, 0.3) is 0 Å². The van der Waals surface area contributed by atoms with E-state index in [2.05, 4.69) is 12.2 Å². The average Bonchev–Trinajstić information content (AvgIpc) is 2.99. The Hall–Kier alpha value is -0.930. The Morgan fingerprint density at radius 2 is 2.22 bits per heavy atom. The molecule has 2 aliphatic heterocycles. The Labute approximate surface area is 108 Å². The van der Waals surface area contributed by atoms with Crippen molar-refractivity contribution in [2.75, 3.05) is 0 Å². The van der Waals surface area contributed by atoms with E-state index in [-0.39, 0.29) is 11.9 Å². The molecule has 98 valence electrons. The van der Waals surface area contributed by atoms with E-state index >= 15 is 0 Å². The molecule has 0 aliphatic carbocycles. The second kappa shape index (κ2) is 4.98. The molecule has 4 unspecified atom stereocenters. The maximum atomic E-state index is 13.8. The predicted molar refractivity (Wildman–Crippen MR) is 68.9 cm³/mol. The van der Waals surface area contributed by atoms with Gasteiger partial charge in [-0.05, 0) is 31.7 Å². The van der Waals surface area contributed by atoms with E-state index in [4.69, 9.17) is 4.74 Å². The Bertz CT molecular complexity index is 423. The molecule has 2 aliphatic rings. The number of rotatable bonds is 4. The number of fused-ring (bicyclic) bond motifs is 2. The molecule has 0 radical (unpaired) electrons.